The Balaban J connectivity index is 2.24. The largest absolute Gasteiger partial charge is 0.312 e. The van der Waals surface area contributed by atoms with Crippen molar-refractivity contribution in [3.63, 3.8) is 0 Å². The molecule has 1 aliphatic carbocycles. The molecule has 1 unspecified atom stereocenters. The highest BCUT2D eigenvalue weighted by Crippen LogP contribution is 2.39. The lowest BCUT2D eigenvalue weighted by Gasteiger charge is -2.46. The zero-order valence-electron chi connectivity index (χ0n) is 13.9. The standard InChI is InChI=1S/C18H31N3/c1-4-20-17(14-16-10-9-13-19-15-16)18(11-7-8-12-18)21(5-2)6-3/h9-10,13,15,17,20H,4-8,11-12,14H2,1-3H3. The summed E-state index contributed by atoms with van der Waals surface area (Å²) in [5.41, 5.74) is 1.68. The van der Waals surface area contributed by atoms with E-state index < -0.39 is 0 Å². The minimum Gasteiger partial charge on any atom is -0.312 e. The van der Waals surface area contributed by atoms with Crippen LogP contribution in [0, 0.1) is 0 Å². The molecule has 0 saturated heterocycles. The third-order valence-corrected chi connectivity index (χ3v) is 5.12. The van der Waals surface area contributed by atoms with Crippen LogP contribution in [0.2, 0.25) is 0 Å². The first kappa shape index (κ1) is 16.4. The van der Waals surface area contributed by atoms with Crippen LogP contribution in [0.1, 0.15) is 52.0 Å². The van der Waals surface area contributed by atoms with E-state index in [9.17, 15) is 0 Å². The molecule has 1 heterocycles. The third-order valence-electron chi connectivity index (χ3n) is 5.12. The van der Waals surface area contributed by atoms with E-state index >= 15 is 0 Å². The summed E-state index contributed by atoms with van der Waals surface area (Å²) in [6, 6.07) is 4.79. The van der Waals surface area contributed by atoms with E-state index in [2.05, 4.69) is 48.1 Å². The Bertz CT molecular complexity index is 394. The second kappa shape index (κ2) is 7.90. The van der Waals surface area contributed by atoms with Crippen molar-refractivity contribution in [1.29, 1.82) is 0 Å². The van der Waals surface area contributed by atoms with Crippen molar-refractivity contribution in [3.8, 4) is 0 Å². The van der Waals surface area contributed by atoms with Gasteiger partial charge in [-0.15, -0.1) is 0 Å². The zero-order chi connectivity index (χ0) is 15.1. The SMILES string of the molecule is CCNC(Cc1cccnc1)C1(N(CC)CC)CCCC1. The zero-order valence-corrected chi connectivity index (χ0v) is 13.9. The van der Waals surface area contributed by atoms with Gasteiger partial charge in [0.05, 0.1) is 0 Å². The predicted octanol–water partition coefficient (Wildman–Crippen LogP) is 3.26. The summed E-state index contributed by atoms with van der Waals surface area (Å²) < 4.78 is 0. The minimum absolute atomic E-state index is 0.329. The molecular formula is C18H31N3. The van der Waals surface area contributed by atoms with E-state index in [-0.39, 0.29) is 0 Å². The van der Waals surface area contributed by atoms with Gasteiger partial charge in [0, 0.05) is 24.0 Å². The van der Waals surface area contributed by atoms with Crippen LogP contribution in [0.25, 0.3) is 0 Å². The maximum absolute atomic E-state index is 4.29. The van der Waals surface area contributed by atoms with Crippen LogP contribution in [0.15, 0.2) is 24.5 Å². The van der Waals surface area contributed by atoms with Crippen molar-refractivity contribution >= 4 is 0 Å². The van der Waals surface area contributed by atoms with Gasteiger partial charge in [0.1, 0.15) is 0 Å². The maximum atomic E-state index is 4.29. The van der Waals surface area contributed by atoms with Crippen LogP contribution in [0.5, 0.6) is 0 Å². The number of likely N-dealkylation sites (N-methyl/N-ethyl adjacent to an activating group) is 2. The molecule has 0 amide bonds. The van der Waals surface area contributed by atoms with E-state index in [0.29, 0.717) is 11.6 Å². The molecular weight excluding hydrogens is 258 g/mol. The minimum atomic E-state index is 0.329. The van der Waals surface area contributed by atoms with Gasteiger partial charge in [-0.3, -0.25) is 9.88 Å². The Kier molecular flexibility index (Phi) is 6.19. The Morgan fingerprint density at radius 3 is 2.48 bits per heavy atom. The number of rotatable bonds is 8. The maximum Gasteiger partial charge on any atom is 0.0365 e. The van der Waals surface area contributed by atoms with Crippen LogP contribution < -0.4 is 5.32 Å². The highest BCUT2D eigenvalue weighted by atomic mass is 15.2. The van der Waals surface area contributed by atoms with Gasteiger partial charge in [-0.2, -0.15) is 0 Å². The molecule has 1 aromatic rings. The number of nitrogens with one attached hydrogen (secondary N) is 1. The summed E-state index contributed by atoms with van der Waals surface area (Å²) in [5, 5.41) is 3.79. The van der Waals surface area contributed by atoms with Gasteiger partial charge >= 0.3 is 0 Å². The number of nitrogens with zero attached hydrogens (tertiary/aromatic N) is 2. The van der Waals surface area contributed by atoms with Gasteiger partial charge in [0.2, 0.25) is 0 Å². The highest BCUT2D eigenvalue weighted by molar-refractivity contribution is 5.15. The summed E-state index contributed by atoms with van der Waals surface area (Å²) in [5.74, 6) is 0. The molecule has 21 heavy (non-hydrogen) atoms. The average Bonchev–Trinajstić information content (AvgIpc) is 3.00. The summed E-state index contributed by atoms with van der Waals surface area (Å²) in [4.78, 5) is 6.99. The van der Waals surface area contributed by atoms with Crippen molar-refractivity contribution < 1.29 is 0 Å². The van der Waals surface area contributed by atoms with E-state index in [1.54, 1.807) is 0 Å². The van der Waals surface area contributed by atoms with Crippen LogP contribution in [-0.4, -0.2) is 41.1 Å². The van der Waals surface area contributed by atoms with Crippen molar-refractivity contribution in [2.75, 3.05) is 19.6 Å². The summed E-state index contributed by atoms with van der Waals surface area (Å²) >= 11 is 0. The number of hydrogen-bond donors (Lipinski definition) is 1. The van der Waals surface area contributed by atoms with E-state index in [4.69, 9.17) is 0 Å². The van der Waals surface area contributed by atoms with E-state index in [1.807, 2.05) is 12.4 Å². The van der Waals surface area contributed by atoms with Crippen LogP contribution in [-0.2, 0) is 6.42 Å². The number of aromatic nitrogens is 1. The van der Waals surface area contributed by atoms with Gasteiger partial charge < -0.3 is 5.32 Å². The molecule has 1 N–H and O–H groups in total. The first-order valence-corrected chi connectivity index (χ1v) is 8.64. The second-order valence-corrected chi connectivity index (χ2v) is 6.16. The van der Waals surface area contributed by atoms with E-state index in [1.165, 1.54) is 31.2 Å². The van der Waals surface area contributed by atoms with Gasteiger partial charge in [-0.25, -0.2) is 0 Å². The molecule has 3 heteroatoms. The molecule has 1 atom stereocenters. The second-order valence-electron chi connectivity index (χ2n) is 6.16. The highest BCUT2D eigenvalue weighted by Gasteiger charge is 2.44. The molecule has 1 aromatic heterocycles. The third kappa shape index (κ3) is 3.64. The van der Waals surface area contributed by atoms with Crippen LogP contribution in [0.3, 0.4) is 0 Å². The molecule has 0 bridgehead atoms. The molecule has 1 fully saturated rings. The van der Waals surface area contributed by atoms with Gasteiger partial charge in [-0.1, -0.05) is 39.7 Å². The molecule has 118 valence electrons. The van der Waals surface area contributed by atoms with Crippen LogP contribution >= 0.6 is 0 Å². The fraction of sp³-hybridized carbons (Fsp3) is 0.722. The Hall–Kier alpha value is -0.930. The number of pyridine rings is 1. The lowest BCUT2D eigenvalue weighted by atomic mass is 9.82. The lowest BCUT2D eigenvalue weighted by Crippen LogP contribution is -2.60. The van der Waals surface area contributed by atoms with Crippen molar-refractivity contribution in [2.45, 2.75) is 64.5 Å². The molecule has 0 spiro atoms. The summed E-state index contributed by atoms with van der Waals surface area (Å²) in [6.07, 6.45) is 10.4. The molecule has 2 rings (SSSR count). The Labute approximate surface area is 130 Å². The quantitative estimate of drug-likeness (QED) is 0.796. The molecule has 0 radical (unpaired) electrons. The first-order chi connectivity index (χ1) is 10.3. The van der Waals surface area contributed by atoms with Crippen LogP contribution in [0.4, 0.5) is 0 Å². The molecule has 1 aliphatic rings. The topological polar surface area (TPSA) is 28.2 Å². The predicted molar refractivity (Wildman–Crippen MR) is 89.5 cm³/mol. The summed E-state index contributed by atoms with van der Waals surface area (Å²) in [7, 11) is 0. The summed E-state index contributed by atoms with van der Waals surface area (Å²) in [6.45, 7) is 10.2. The van der Waals surface area contributed by atoms with Gasteiger partial charge in [0.15, 0.2) is 0 Å². The number of hydrogen-bond acceptors (Lipinski definition) is 3. The fourth-order valence-electron chi connectivity index (χ4n) is 4.18. The fourth-order valence-corrected chi connectivity index (χ4v) is 4.18. The lowest BCUT2D eigenvalue weighted by molar-refractivity contribution is 0.0635. The average molecular weight is 289 g/mol. The Morgan fingerprint density at radius 1 is 1.24 bits per heavy atom. The van der Waals surface area contributed by atoms with Crippen molar-refractivity contribution in [1.82, 2.24) is 15.2 Å². The molecule has 0 aliphatic heterocycles. The smallest absolute Gasteiger partial charge is 0.0365 e. The van der Waals surface area contributed by atoms with Gasteiger partial charge in [-0.05, 0) is 50.5 Å². The Morgan fingerprint density at radius 2 is 1.95 bits per heavy atom. The molecule has 1 saturated carbocycles. The van der Waals surface area contributed by atoms with Crippen molar-refractivity contribution in [3.05, 3.63) is 30.1 Å². The molecule has 0 aromatic carbocycles. The first-order valence-electron chi connectivity index (χ1n) is 8.64. The molecule has 3 nitrogen and oxygen atoms in total. The van der Waals surface area contributed by atoms with Gasteiger partial charge in [0.25, 0.3) is 0 Å². The normalized spacial score (nSPS) is 19.0. The van der Waals surface area contributed by atoms with E-state index in [0.717, 1.165) is 26.1 Å². The monoisotopic (exact) mass is 289 g/mol. The van der Waals surface area contributed by atoms with Crippen molar-refractivity contribution in [2.24, 2.45) is 0 Å².